The lowest BCUT2D eigenvalue weighted by molar-refractivity contribution is 0.263. The second-order valence-corrected chi connectivity index (χ2v) is 5.38. The van der Waals surface area contributed by atoms with Crippen LogP contribution in [0.5, 0.6) is 0 Å². The van der Waals surface area contributed by atoms with E-state index in [1.54, 1.807) is 0 Å². The molecule has 1 aliphatic heterocycles. The first-order valence-corrected chi connectivity index (χ1v) is 7.08. The summed E-state index contributed by atoms with van der Waals surface area (Å²) in [5, 5.41) is 4.22. The standard InChI is InChI=1S/C16H21N3/c1-13(19-11-3-4-12-19)14-5-7-15(8-6-14)16-9-10-17-18(16)2/h5-10,13H,3-4,11-12H2,1-2H3/t13-/m0/s1. The summed E-state index contributed by atoms with van der Waals surface area (Å²) in [5.74, 6) is 0. The van der Waals surface area contributed by atoms with E-state index in [-0.39, 0.29) is 0 Å². The molecule has 0 saturated carbocycles. The smallest absolute Gasteiger partial charge is 0.0678 e. The van der Waals surface area contributed by atoms with Gasteiger partial charge in [0.15, 0.2) is 0 Å². The van der Waals surface area contributed by atoms with Crippen molar-refractivity contribution in [3.8, 4) is 11.3 Å². The molecule has 1 atom stereocenters. The maximum Gasteiger partial charge on any atom is 0.0678 e. The van der Waals surface area contributed by atoms with Crippen LogP contribution in [0, 0.1) is 0 Å². The molecule has 3 nitrogen and oxygen atoms in total. The van der Waals surface area contributed by atoms with Gasteiger partial charge in [-0.25, -0.2) is 0 Å². The summed E-state index contributed by atoms with van der Waals surface area (Å²) in [6.45, 7) is 4.79. The lowest BCUT2D eigenvalue weighted by Crippen LogP contribution is -2.23. The van der Waals surface area contributed by atoms with Gasteiger partial charge in [0, 0.05) is 19.3 Å². The molecule has 0 unspecified atom stereocenters. The maximum atomic E-state index is 4.22. The molecule has 1 aromatic carbocycles. The first-order valence-electron chi connectivity index (χ1n) is 7.08. The lowest BCUT2D eigenvalue weighted by atomic mass is 10.0. The summed E-state index contributed by atoms with van der Waals surface area (Å²) in [6, 6.07) is 11.5. The van der Waals surface area contributed by atoms with Crippen LogP contribution in [0.25, 0.3) is 11.3 Å². The van der Waals surface area contributed by atoms with Gasteiger partial charge in [-0.1, -0.05) is 24.3 Å². The third-order valence-electron chi connectivity index (χ3n) is 4.20. The number of hydrogen-bond donors (Lipinski definition) is 0. The van der Waals surface area contributed by atoms with Crippen molar-refractivity contribution in [2.75, 3.05) is 13.1 Å². The zero-order valence-electron chi connectivity index (χ0n) is 11.7. The Bertz CT molecular complexity index is 535. The minimum Gasteiger partial charge on any atom is -0.297 e. The summed E-state index contributed by atoms with van der Waals surface area (Å²) in [7, 11) is 1.98. The summed E-state index contributed by atoms with van der Waals surface area (Å²) < 4.78 is 1.92. The number of aromatic nitrogens is 2. The first-order chi connectivity index (χ1) is 9.25. The van der Waals surface area contributed by atoms with Gasteiger partial charge in [0.05, 0.1) is 5.69 Å². The third-order valence-corrected chi connectivity index (χ3v) is 4.20. The highest BCUT2D eigenvalue weighted by atomic mass is 15.3. The topological polar surface area (TPSA) is 21.1 Å². The molecule has 3 heteroatoms. The van der Waals surface area contributed by atoms with E-state index in [2.05, 4.69) is 47.3 Å². The van der Waals surface area contributed by atoms with Gasteiger partial charge in [-0.2, -0.15) is 5.10 Å². The van der Waals surface area contributed by atoms with E-state index < -0.39 is 0 Å². The van der Waals surface area contributed by atoms with Gasteiger partial charge < -0.3 is 0 Å². The van der Waals surface area contributed by atoms with Crippen molar-refractivity contribution in [1.82, 2.24) is 14.7 Å². The number of aryl methyl sites for hydroxylation is 1. The van der Waals surface area contributed by atoms with Gasteiger partial charge >= 0.3 is 0 Å². The Morgan fingerprint density at radius 2 is 1.74 bits per heavy atom. The molecule has 0 N–H and O–H groups in total. The molecule has 1 aromatic heterocycles. The van der Waals surface area contributed by atoms with Crippen molar-refractivity contribution in [3.63, 3.8) is 0 Å². The molecular formula is C16H21N3. The Balaban J connectivity index is 1.80. The molecule has 3 rings (SSSR count). The van der Waals surface area contributed by atoms with Crippen LogP contribution in [0.4, 0.5) is 0 Å². The fourth-order valence-corrected chi connectivity index (χ4v) is 2.93. The molecule has 2 heterocycles. The van der Waals surface area contributed by atoms with E-state index in [0.29, 0.717) is 6.04 Å². The van der Waals surface area contributed by atoms with Gasteiger partial charge in [-0.15, -0.1) is 0 Å². The molecule has 0 spiro atoms. The second-order valence-electron chi connectivity index (χ2n) is 5.38. The molecule has 0 aliphatic carbocycles. The van der Waals surface area contributed by atoms with Crippen LogP contribution in [0.15, 0.2) is 36.5 Å². The normalized spacial score (nSPS) is 17.8. The van der Waals surface area contributed by atoms with E-state index in [0.717, 1.165) is 0 Å². The summed E-state index contributed by atoms with van der Waals surface area (Å²) >= 11 is 0. The van der Waals surface area contributed by atoms with Gasteiger partial charge in [0.1, 0.15) is 0 Å². The van der Waals surface area contributed by atoms with Crippen molar-refractivity contribution in [3.05, 3.63) is 42.1 Å². The van der Waals surface area contributed by atoms with Crippen LogP contribution in [0.3, 0.4) is 0 Å². The Hall–Kier alpha value is -1.61. The number of benzene rings is 1. The highest BCUT2D eigenvalue weighted by Gasteiger charge is 2.19. The molecule has 100 valence electrons. The van der Waals surface area contributed by atoms with E-state index in [1.807, 2.05) is 17.9 Å². The van der Waals surface area contributed by atoms with Crippen LogP contribution in [-0.2, 0) is 7.05 Å². The van der Waals surface area contributed by atoms with Gasteiger partial charge in [-0.05, 0) is 50.0 Å². The monoisotopic (exact) mass is 255 g/mol. The summed E-state index contributed by atoms with van der Waals surface area (Å²) in [4.78, 5) is 2.57. The third kappa shape index (κ3) is 2.43. The molecular weight excluding hydrogens is 234 g/mol. The predicted molar refractivity (Wildman–Crippen MR) is 77.9 cm³/mol. The Morgan fingerprint density at radius 1 is 1.05 bits per heavy atom. The van der Waals surface area contributed by atoms with Gasteiger partial charge in [0.25, 0.3) is 0 Å². The number of likely N-dealkylation sites (tertiary alicyclic amines) is 1. The predicted octanol–water partition coefficient (Wildman–Crippen LogP) is 3.24. The highest BCUT2D eigenvalue weighted by Crippen LogP contribution is 2.26. The molecule has 2 aromatic rings. The van der Waals surface area contributed by atoms with E-state index >= 15 is 0 Å². The minimum atomic E-state index is 0.531. The highest BCUT2D eigenvalue weighted by molar-refractivity contribution is 5.59. The van der Waals surface area contributed by atoms with Crippen LogP contribution < -0.4 is 0 Å². The van der Waals surface area contributed by atoms with Crippen molar-refractivity contribution in [2.45, 2.75) is 25.8 Å². The second kappa shape index (κ2) is 5.17. The number of nitrogens with zero attached hydrogens (tertiary/aromatic N) is 3. The quantitative estimate of drug-likeness (QED) is 0.839. The number of hydrogen-bond acceptors (Lipinski definition) is 2. The zero-order valence-corrected chi connectivity index (χ0v) is 11.7. The summed E-state index contributed by atoms with van der Waals surface area (Å²) in [5.41, 5.74) is 3.81. The minimum absolute atomic E-state index is 0.531. The number of rotatable bonds is 3. The van der Waals surface area contributed by atoms with Crippen LogP contribution in [0.1, 0.15) is 31.4 Å². The largest absolute Gasteiger partial charge is 0.297 e. The zero-order chi connectivity index (χ0) is 13.2. The van der Waals surface area contributed by atoms with Crippen LogP contribution in [0.2, 0.25) is 0 Å². The maximum absolute atomic E-state index is 4.22. The SMILES string of the molecule is C[C@@H](c1ccc(-c2ccnn2C)cc1)N1CCCC1. The molecule has 1 saturated heterocycles. The average molecular weight is 255 g/mol. The molecule has 19 heavy (non-hydrogen) atoms. The summed E-state index contributed by atoms with van der Waals surface area (Å²) in [6.07, 6.45) is 4.53. The van der Waals surface area contributed by atoms with Crippen molar-refractivity contribution in [2.24, 2.45) is 7.05 Å². The Morgan fingerprint density at radius 3 is 2.32 bits per heavy atom. The molecule has 1 aliphatic rings. The molecule has 0 bridgehead atoms. The molecule has 0 amide bonds. The fraction of sp³-hybridized carbons (Fsp3) is 0.438. The van der Waals surface area contributed by atoms with E-state index in [4.69, 9.17) is 0 Å². The molecule has 0 radical (unpaired) electrons. The molecule has 1 fully saturated rings. The van der Waals surface area contributed by atoms with E-state index in [9.17, 15) is 0 Å². The van der Waals surface area contributed by atoms with Crippen molar-refractivity contribution in [1.29, 1.82) is 0 Å². The lowest BCUT2D eigenvalue weighted by Gasteiger charge is -2.24. The van der Waals surface area contributed by atoms with Gasteiger partial charge in [0.2, 0.25) is 0 Å². The van der Waals surface area contributed by atoms with Crippen LogP contribution >= 0.6 is 0 Å². The van der Waals surface area contributed by atoms with Crippen LogP contribution in [-0.4, -0.2) is 27.8 Å². The van der Waals surface area contributed by atoms with Crippen molar-refractivity contribution >= 4 is 0 Å². The fourth-order valence-electron chi connectivity index (χ4n) is 2.93. The average Bonchev–Trinajstić information content (AvgIpc) is 3.09. The Labute approximate surface area is 114 Å². The van der Waals surface area contributed by atoms with Gasteiger partial charge in [-0.3, -0.25) is 9.58 Å². The first kappa shape index (κ1) is 12.4. The van der Waals surface area contributed by atoms with Crippen molar-refractivity contribution < 1.29 is 0 Å². The van der Waals surface area contributed by atoms with E-state index in [1.165, 1.54) is 42.8 Å². The Kier molecular flexibility index (Phi) is 3.38.